The van der Waals surface area contributed by atoms with E-state index in [9.17, 15) is 19.5 Å². The van der Waals surface area contributed by atoms with Crippen LogP contribution < -0.4 is 14.8 Å². The van der Waals surface area contributed by atoms with Gasteiger partial charge in [0.1, 0.15) is 23.6 Å². The Labute approximate surface area is 237 Å². The fraction of sp³-hybridized carbons (Fsp3) is 0.242. The van der Waals surface area contributed by atoms with Crippen molar-refractivity contribution in [2.24, 2.45) is 11.8 Å². The van der Waals surface area contributed by atoms with Crippen molar-refractivity contribution >= 4 is 28.6 Å². The number of imide groups is 1. The summed E-state index contributed by atoms with van der Waals surface area (Å²) in [5, 5.41) is 16.1. The van der Waals surface area contributed by atoms with Gasteiger partial charge in [0.25, 0.3) is 0 Å². The third kappa shape index (κ3) is 4.60. The number of nitrogens with one attached hydrogen (secondary N) is 1. The molecule has 0 bridgehead atoms. The SMILES string of the molecule is COc1ccccc1C1NC(Cc2ccc3ccccc3c2)(C(=O)O)C2C(=O)N(CCOc3ccccc3)C(=O)C12. The number of methoxy groups -OCH3 is 1. The molecule has 0 aliphatic carbocycles. The summed E-state index contributed by atoms with van der Waals surface area (Å²) in [7, 11) is 1.53. The van der Waals surface area contributed by atoms with E-state index in [0.717, 1.165) is 16.3 Å². The Hall–Kier alpha value is -4.69. The van der Waals surface area contributed by atoms with E-state index < -0.39 is 41.2 Å². The van der Waals surface area contributed by atoms with Gasteiger partial charge in [0.05, 0.1) is 25.5 Å². The summed E-state index contributed by atoms with van der Waals surface area (Å²) in [6.07, 6.45) is 0.0212. The van der Waals surface area contributed by atoms with E-state index in [4.69, 9.17) is 9.47 Å². The van der Waals surface area contributed by atoms with Crippen molar-refractivity contribution in [3.05, 3.63) is 108 Å². The first-order chi connectivity index (χ1) is 19.9. The van der Waals surface area contributed by atoms with Crippen molar-refractivity contribution < 1.29 is 29.0 Å². The highest BCUT2D eigenvalue weighted by Gasteiger charge is 2.68. The van der Waals surface area contributed by atoms with Crippen molar-refractivity contribution in [1.29, 1.82) is 0 Å². The molecular weight excluding hydrogens is 520 g/mol. The molecule has 4 unspecified atom stereocenters. The quantitative estimate of drug-likeness (QED) is 0.301. The molecule has 4 atom stereocenters. The van der Waals surface area contributed by atoms with Crippen molar-refractivity contribution in [1.82, 2.24) is 10.2 Å². The molecule has 2 N–H and O–H groups in total. The lowest BCUT2D eigenvalue weighted by Crippen LogP contribution is -2.57. The third-order valence-electron chi connectivity index (χ3n) is 8.22. The summed E-state index contributed by atoms with van der Waals surface area (Å²) in [5.41, 5.74) is -0.334. The van der Waals surface area contributed by atoms with Crippen molar-refractivity contribution in [2.45, 2.75) is 18.0 Å². The molecule has 2 fully saturated rings. The van der Waals surface area contributed by atoms with Crippen LogP contribution in [0.1, 0.15) is 17.2 Å². The normalized spacial score (nSPS) is 23.5. The van der Waals surface area contributed by atoms with Crippen LogP contribution in [0.15, 0.2) is 97.1 Å². The van der Waals surface area contributed by atoms with Gasteiger partial charge in [-0.1, -0.05) is 78.9 Å². The number of aliphatic carboxylic acids is 1. The minimum Gasteiger partial charge on any atom is -0.496 e. The van der Waals surface area contributed by atoms with E-state index in [-0.39, 0.29) is 19.6 Å². The van der Waals surface area contributed by atoms with E-state index >= 15 is 0 Å². The lowest BCUT2D eigenvalue weighted by molar-refractivity contribution is -0.151. The van der Waals surface area contributed by atoms with Crippen LogP contribution >= 0.6 is 0 Å². The fourth-order valence-electron chi connectivity index (χ4n) is 6.35. The molecule has 6 rings (SSSR count). The smallest absolute Gasteiger partial charge is 0.325 e. The van der Waals surface area contributed by atoms with Gasteiger partial charge in [-0.25, -0.2) is 0 Å². The van der Waals surface area contributed by atoms with E-state index in [1.165, 1.54) is 12.0 Å². The highest BCUT2D eigenvalue weighted by atomic mass is 16.5. The van der Waals surface area contributed by atoms with Gasteiger partial charge in [-0.3, -0.25) is 24.6 Å². The van der Waals surface area contributed by atoms with Gasteiger partial charge in [-0.2, -0.15) is 0 Å². The van der Waals surface area contributed by atoms with Crippen molar-refractivity contribution in [3.8, 4) is 11.5 Å². The number of amides is 2. The Kier molecular flexibility index (Phi) is 6.93. The standard InChI is InChI=1S/C33H30N2O6/c1-40-26-14-8-7-13-25(26)29-27-28(31(37)35(30(27)36)17-18-41-24-11-3-2-4-12-24)33(34-29,32(38)39)20-21-15-16-22-9-5-6-10-23(22)19-21/h2-16,19,27-29,34H,17-18,20H2,1H3,(H,38,39). The maximum Gasteiger partial charge on any atom is 0.325 e. The Morgan fingerprint density at radius 3 is 2.37 bits per heavy atom. The molecular formula is C33H30N2O6. The number of likely N-dealkylation sites (tertiary alicyclic amines) is 1. The first-order valence-electron chi connectivity index (χ1n) is 13.6. The molecule has 4 aromatic rings. The van der Waals surface area contributed by atoms with Crippen LogP contribution in [0.4, 0.5) is 0 Å². The third-order valence-corrected chi connectivity index (χ3v) is 8.22. The zero-order chi connectivity index (χ0) is 28.6. The highest BCUT2D eigenvalue weighted by Crippen LogP contribution is 2.51. The first kappa shape index (κ1) is 26.5. The molecule has 0 radical (unpaired) electrons. The molecule has 8 heteroatoms. The summed E-state index contributed by atoms with van der Waals surface area (Å²) in [6, 6.07) is 29.2. The van der Waals surface area contributed by atoms with Crippen LogP contribution in [-0.2, 0) is 20.8 Å². The number of nitrogens with zero attached hydrogens (tertiary/aromatic N) is 1. The monoisotopic (exact) mass is 550 g/mol. The van der Waals surface area contributed by atoms with Gasteiger partial charge in [-0.05, 0) is 34.5 Å². The number of para-hydroxylation sites is 2. The highest BCUT2D eigenvalue weighted by molar-refractivity contribution is 6.09. The number of rotatable bonds is 9. The summed E-state index contributed by atoms with van der Waals surface area (Å²) < 4.78 is 11.4. The summed E-state index contributed by atoms with van der Waals surface area (Å²) in [4.78, 5) is 42.3. The second-order valence-corrected chi connectivity index (χ2v) is 10.5. The number of carbonyl (C=O) groups is 3. The second-order valence-electron chi connectivity index (χ2n) is 10.5. The van der Waals surface area contributed by atoms with Crippen LogP contribution in [0.2, 0.25) is 0 Å². The van der Waals surface area contributed by atoms with Gasteiger partial charge in [0.15, 0.2) is 0 Å². The number of fused-ring (bicyclic) bond motifs is 2. The molecule has 208 valence electrons. The average Bonchev–Trinajstić information content (AvgIpc) is 3.47. The minimum atomic E-state index is -1.72. The van der Waals surface area contributed by atoms with Crippen LogP contribution in [0.25, 0.3) is 10.8 Å². The summed E-state index contributed by atoms with van der Waals surface area (Å²) in [6.45, 7) is 0.113. The maximum atomic E-state index is 14.0. The summed E-state index contributed by atoms with van der Waals surface area (Å²) >= 11 is 0. The van der Waals surface area contributed by atoms with Gasteiger partial charge < -0.3 is 14.6 Å². The van der Waals surface area contributed by atoms with E-state index in [1.807, 2.05) is 72.8 Å². The zero-order valence-electron chi connectivity index (χ0n) is 22.5. The zero-order valence-corrected chi connectivity index (χ0v) is 22.5. The van der Waals surface area contributed by atoms with E-state index in [0.29, 0.717) is 17.1 Å². The number of hydrogen-bond donors (Lipinski definition) is 2. The average molecular weight is 551 g/mol. The molecule has 2 aliphatic rings. The summed E-state index contributed by atoms with van der Waals surface area (Å²) in [5.74, 6) is -3.01. The predicted octanol–water partition coefficient (Wildman–Crippen LogP) is 4.24. The molecule has 0 aromatic heterocycles. The van der Waals surface area contributed by atoms with Crippen molar-refractivity contribution in [2.75, 3.05) is 20.3 Å². The molecule has 4 aromatic carbocycles. The molecule has 8 nitrogen and oxygen atoms in total. The Morgan fingerprint density at radius 1 is 0.902 bits per heavy atom. The number of carboxylic acids is 1. The molecule has 41 heavy (non-hydrogen) atoms. The first-order valence-corrected chi connectivity index (χ1v) is 13.6. The largest absolute Gasteiger partial charge is 0.496 e. The molecule has 2 aliphatic heterocycles. The Morgan fingerprint density at radius 2 is 1.61 bits per heavy atom. The Bertz CT molecular complexity index is 1620. The van der Waals surface area contributed by atoms with Crippen LogP contribution in [0, 0.1) is 11.8 Å². The van der Waals surface area contributed by atoms with Crippen molar-refractivity contribution in [3.63, 3.8) is 0 Å². The molecule has 0 spiro atoms. The number of carboxylic acid groups (broad SMARTS) is 1. The lowest BCUT2D eigenvalue weighted by Gasteiger charge is -2.31. The van der Waals surface area contributed by atoms with Crippen LogP contribution in [-0.4, -0.2) is 53.6 Å². The second kappa shape index (κ2) is 10.7. The van der Waals surface area contributed by atoms with Gasteiger partial charge in [0.2, 0.25) is 11.8 Å². The van der Waals surface area contributed by atoms with E-state index in [1.54, 1.807) is 24.3 Å². The number of hydrogen-bond acceptors (Lipinski definition) is 6. The molecule has 0 saturated carbocycles. The van der Waals surface area contributed by atoms with Crippen LogP contribution in [0.3, 0.4) is 0 Å². The van der Waals surface area contributed by atoms with Crippen LogP contribution in [0.5, 0.6) is 11.5 Å². The predicted molar refractivity (Wildman–Crippen MR) is 153 cm³/mol. The molecule has 2 amide bonds. The fourth-order valence-corrected chi connectivity index (χ4v) is 6.35. The molecule has 2 saturated heterocycles. The van der Waals surface area contributed by atoms with E-state index in [2.05, 4.69) is 5.32 Å². The topological polar surface area (TPSA) is 105 Å². The number of benzene rings is 4. The molecule has 2 heterocycles. The lowest BCUT2D eigenvalue weighted by atomic mass is 9.76. The number of ether oxygens (including phenoxy) is 2. The van der Waals surface area contributed by atoms with Gasteiger partial charge in [0, 0.05) is 18.0 Å². The number of carbonyl (C=O) groups excluding carboxylic acids is 2. The van der Waals surface area contributed by atoms with Gasteiger partial charge in [-0.15, -0.1) is 0 Å². The minimum absolute atomic E-state index is 0.0177. The maximum absolute atomic E-state index is 14.0. The Balaban J connectivity index is 1.39. The van der Waals surface area contributed by atoms with Gasteiger partial charge >= 0.3 is 5.97 Å².